The Balaban J connectivity index is 1.58. The second-order valence-electron chi connectivity index (χ2n) is 5.51. The lowest BCUT2D eigenvalue weighted by Crippen LogP contribution is -2.31. The third-order valence-electron chi connectivity index (χ3n) is 3.71. The van der Waals surface area contributed by atoms with Crippen LogP contribution >= 0.6 is 0 Å². The number of carbonyl (C=O) groups excluding carboxylic acids is 1. The molecule has 1 fully saturated rings. The van der Waals surface area contributed by atoms with Gasteiger partial charge in [0, 0.05) is 31.5 Å². The first-order chi connectivity index (χ1) is 10.7. The lowest BCUT2D eigenvalue weighted by molar-refractivity contribution is -0.126. The number of hydrogen-bond donors (Lipinski definition) is 1. The Morgan fingerprint density at radius 2 is 2.36 bits per heavy atom. The molecule has 2 rings (SSSR count). The van der Waals surface area contributed by atoms with E-state index in [0.29, 0.717) is 26.1 Å². The number of aryl methyl sites for hydroxylation is 1. The molecule has 0 aliphatic carbocycles. The van der Waals surface area contributed by atoms with Crippen molar-refractivity contribution in [3.63, 3.8) is 0 Å². The van der Waals surface area contributed by atoms with Crippen LogP contribution < -0.4 is 10.9 Å². The van der Waals surface area contributed by atoms with E-state index in [2.05, 4.69) is 5.32 Å². The SMILES string of the molecule is Cc1cccc(=O)n1CCCNC(=O)COCC1CCCO1. The Labute approximate surface area is 130 Å². The third kappa shape index (κ3) is 5.27. The normalized spacial score (nSPS) is 17.6. The maximum Gasteiger partial charge on any atom is 0.250 e. The van der Waals surface area contributed by atoms with Crippen molar-refractivity contribution >= 4 is 5.91 Å². The zero-order chi connectivity index (χ0) is 15.8. The fourth-order valence-electron chi connectivity index (χ4n) is 2.48. The summed E-state index contributed by atoms with van der Waals surface area (Å²) < 4.78 is 12.5. The number of nitrogens with zero attached hydrogens (tertiary/aromatic N) is 1. The van der Waals surface area contributed by atoms with Crippen molar-refractivity contribution in [1.82, 2.24) is 9.88 Å². The fourth-order valence-corrected chi connectivity index (χ4v) is 2.48. The Morgan fingerprint density at radius 3 is 3.09 bits per heavy atom. The van der Waals surface area contributed by atoms with Gasteiger partial charge in [-0.3, -0.25) is 9.59 Å². The summed E-state index contributed by atoms with van der Waals surface area (Å²) in [6.45, 7) is 4.36. The van der Waals surface area contributed by atoms with Crippen molar-refractivity contribution in [3.05, 3.63) is 34.2 Å². The van der Waals surface area contributed by atoms with Crippen LogP contribution in [0, 0.1) is 6.92 Å². The first-order valence-corrected chi connectivity index (χ1v) is 7.79. The van der Waals surface area contributed by atoms with Gasteiger partial charge in [-0.25, -0.2) is 0 Å². The van der Waals surface area contributed by atoms with E-state index in [-0.39, 0.29) is 24.2 Å². The van der Waals surface area contributed by atoms with Gasteiger partial charge >= 0.3 is 0 Å². The number of pyridine rings is 1. The van der Waals surface area contributed by atoms with E-state index in [4.69, 9.17) is 9.47 Å². The van der Waals surface area contributed by atoms with Crippen LogP contribution in [0.15, 0.2) is 23.0 Å². The molecule has 1 N–H and O–H groups in total. The maximum absolute atomic E-state index is 11.7. The molecule has 1 aromatic heterocycles. The van der Waals surface area contributed by atoms with Crippen LogP contribution in [0.3, 0.4) is 0 Å². The number of ether oxygens (including phenoxy) is 2. The van der Waals surface area contributed by atoms with Crippen LogP contribution in [0.5, 0.6) is 0 Å². The summed E-state index contributed by atoms with van der Waals surface area (Å²) in [7, 11) is 0. The van der Waals surface area contributed by atoms with Crippen LogP contribution in [0.2, 0.25) is 0 Å². The lowest BCUT2D eigenvalue weighted by atomic mass is 10.2. The molecule has 1 saturated heterocycles. The summed E-state index contributed by atoms with van der Waals surface area (Å²) >= 11 is 0. The zero-order valence-corrected chi connectivity index (χ0v) is 13.0. The molecule has 1 aliphatic heterocycles. The lowest BCUT2D eigenvalue weighted by Gasteiger charge is -2.11. The maximum atomic E-state index is 11.7. The smallest absolute Gasteiger partial charge is 0.250 e. The standard InChI is InChI=1S/C16H24N2O4/c1-13-5-2-7-16(20)18(13)9-4-8-17-15(19)12-21-11-14-6-3-10-22-14/h2,5,7,14H,3-4,6,8-12H2,1H3,(H,17,19). The van der Waals surface area contributed by atoms with Crippen molar-refractivity contribution in [2.75, 3.05) is 26.4 Å². The molecule has 2 heterocycles. The van der Waals surface area contributed by atoms with Crippen LogP contribution in [0.1, 0.15) is 25.0 Å². The highest BCUT2D eigenvalue weighted by Gasteiger charge is 2.15. The summed E-state index contributed by atoms with van der Waals surface area (Å²) in [4.78, 5) is 23.3. The van der Waals surface area contributed by atoms with Crippen LogP contribution in [0.4, 0.5) is 0 Å². The van der Waals surface area contributed by atoms with Gasteiger partial charge in [0.2, 0.25) is 5.91 Å². The summed E-state index contributed by atoms with van der Waals surface area (Å²) in [5.74, 6) is -0.130. The molecule has 122 valence electrons. The first kappa shape index (κ1) is 16.7. The molecule has 1 aromatic rings. The highest BCUT2D eigenvalue weighted by atomic mass is 16.5. The van der Waals surface area contributed by atoms with Gasteiger partial charge in [-0.2, -0.15) is 0 Å². The van der Waals surface area contributed by atoms with Gasteiger partial charge in [0.25, 0.3) is 5.56 Å². The van der Waals surface area contributed by atoms with Crippen LogP contribution in [0.25, 0.3) is 0 Å². The van der Waals surface area contributed by atoms with Crippen molar-refractivity contribution in [2.24, 2.45) is 0 Å². The molecule has 6 nitrogen and oxygen atoms in total. The highest BCUT2D eigenvalue weighted by Crippen LogP contribution is 2.11. The summed E-state index contributed by atoms with van der Waals surface area (Å²) in [5.41, 5.74) is 0.921. The average Bonchev–Trinajstić information content (AvgIpc) is 2.99. The molecular weight excluding hydrogens is 284 g/mol. The highest BCUT2D eigenvalue weighted by molar-refractivity contribution is 5.77. The van der Waals surface area contributed by atoms with Gasteiger partial charge in [0.05, 0.1) is 12.7 Å². The first-order valence-electron chi connectivity index (χ1n) is 7.79. The second-order valence-corrected chi connectivity index (χ2v) is 5.51. The van der Waals surface area contributed by atoms with Gasteiger partial charge in [0.15, 0.2) is 0 Å². The van der Waals surface area contributed by atoms with Crippen molar-refractivity contribution in [3.8, 4) is 0 Å². The number of carbonyl (C=O) groups is 1. The molecule has 1 aliphatic rings. The van der Waals surface area contributed by atoms with Crippen molar-refractivity contribution in [2.45, 2.75) is 38.8 Å². The molecule has 0 radical (unpaired) electrons. The van der Waals surface area contributed by atoms with Gasteiger partial charge in [-0.1, -0.05) is 6.07 Å². The molecule has 6 heteroatoms. The summed E-state index contributed by atoms with van der Waals surface area (Å²) in [5, 5.41) is 2.80. The van der Waals surface area contributed by atoms with Crippen molar-refractivity contribution < 1.29 is 14.3 Å². The van der Waals surface area contributed by atoms with Gasteiger partial charge in [-0.15, -0.1) is 0 Å². The van der Waals surface area contributed by atoms with Gasteiger partial charge in [-0.05, 0) is 32.3 Å². The minimum atomic E-state index is -0.130. The largest absolute Gasteiger partial charge is 0.376 e. The van der Waals surface area contributed by atoms with E-state index in [0.717, 1.165) is 25.1 Å². The van der Waals surface area contributed by atoms with Gasteiger partial charge < -0.3 is 19.4 Å². The minimum absolute atomic E-state index is 0.00813. The van der Waals surface area contributed by atoms with Gasteiger partial charge in [0.1, 0.15) is 6.61 Å². The number of rotatable bonds is 8. The van der Waals surface area contributed by atoms with E-state index in [1.54, 1.807) is 16.7 Å². The van der Waals surface area contributed by atoms with E-state index >= 15 is 0 Å². The van der Waals surface area contributed by atoms with E-state index < -0.39 is 0 Å². The molecule has 0 bridgehead atoms. The van der Waals surface area contributed by atoms with Crippen LogP contribution in [-0.4, -0.2) is 42.9 Å². The fraction of sp³-hybridized carbons (Fsp3) is 0.625. The Kier molecular flexibility index (Phi) is 6.61. The summed E-state index contributed by atoms with van der Waals surface area (Å²) in [6.07, 6.45) is 2.92. The number of aromatic nitrogens is 1. The number of hydrogen-bond acceptors (Lipinski definition) is 4. The molecular formula is C16H24N2O4. The Morgan fingerprint density at radius 1 is 1.50 bits per heavy atom. The monoisotopic (exact) mass is 308 g/mol. The predicted molar refractivity (Wildman–Crippen MR) is 82.9 cm³/mol. The molecule has 1 atom stereocenters. The third-order valence-corrected chi connectivity index (χ3v) is 3.71. The molecule has 1 unspecified atom stereocenters. The topological polar surface area (TPSA) is 69.6 Å². The van der Waals surface area contributed by atoms with Crippen molar-refractivity contribution in [1.29, 1.82) is 0 Å². The molecule has 0 spiro atoms. The quantitative estimate of drug-likeness (QED) is 0.723. The predicted octanol–water partition coefficient (Wildman–Crippen LogP) is 0.859. The average molecular weight is 308 g/mol. The number of nitrogens with one attached hydrogen (secondary N) is 1. The summed E-state index contributed by atoms with van der Waals surface area (Å²) in [6, 6.07) is 5.20. The minimum Gasteiger partial charge on any atom is -0.376 e. The van der Waals surface area contributed by atoms with E-state index in [9.17, 15) is 9.59 Å². The number of amides is 1. The van der Waals surface area contributed by atoms with E-state index in [1.807, 2.05) is 13.0 Å². The molecule has 0 saturated carbocycles. The molecule has 1 amide bonds. The Bertz CT molecular complexity index is 535. The van der Waals surface area contributed by atoms with Crippen LogP contribution in [-0.2, 0) is 20.8 Å². The van der Waals surface area contributed by atoms with E-state index in [1.165, 1.54) is 0 Å². The molecule has 0 aromatic carbocycles. The Hall–Kier alpha value is -1.66. The second kappa shape index (κ2) is 8.70. The molecule has 22 heavy (non-hydrogen) atoms. The zero-order valence-electron chi connectivity index (χ0n) is 13.0.